The molecular weight excluding hydrogens is 300 g/mol. The molecule has 0 N–H and O–H groups in total. The van der Waals surface area contributed by atoms with Crippen LogP contribution in [0.5, 0.6) is 0 Å². The molecule has 1 unspecified atom stereocenters. The number of carbonyl (C=O) groups excluding carboxylic acids is 3. The Morgan fingerprint density at radius 3 is 2.45 bits per heavy atom. The zero-order valence-electron chi connectivity index (χ0n) is 13.1. The third-order valence-corrected chi connectivity index (χ3v) is 5.95. The monoisotopic (exact) mass is 324 g/mol. The first kappa shape index (κ1) is 15.8. The zero-order valence-corrected chi connectivity index (χ0v) is 13.9. The number of hydrogen-bond acceptors (Lipinski definition) is 4. The maximum atomic E-state index is 12.2. The van der Waals surface area contributed by atoms with Crippen molar-refractivity contribution in [2.45, 2.75) is 45.1 Å². The second-order valence-corrected chi connectivity index (χ2v) is 7.95. The molecule has 22 heavy (non-hydrogen) atoms. The second kappa shape index (κ2) is 6.60. The molecule has 3 rings (SSSR count). The number of hydrogen-bond donors (Lipinski definition) is 0. The van der Waals surface area contributed by atoms with Crippen molar-refractivity contribution in [3.63, 3.8) is 0 Å². The molecule has 3 fully saturated rings. The minimum Gasteiger partial charge on any atom is -0.342 e. The molecule has 0 aromatic rings. The summed E-state index contributed by atoms with van der Waals surface area (Å²) < 4.78 is 0. The molecule has 0 aromatic carbocycles. The van der Waals surface area contributed by atoms with E-state index in [0.717, 1.165) is 51.1 Å². The number of thioether (sulfide) groups is 1. The Morgan fingerprint density at radius 2 is 1.86 bits per heavy atom. The number of likely N-dealkylation sites (tertiary alicyclic amines) is 2. The van der Waals surface area contributed by atoms with Gasteiger partial charge in [-0.1, -0.05) is 11.8 Å². The molecule has 0 bridgehead atoms. The van der Waals surface area contributed by atoms with Crippen LogP contribution >= 0.6 is 11.8 Å². The van der Waals surface area contributed by atoms with E-state index in [1.807, 2.05) is 9.80 Å². The van der Waals surface area contributed by atoms with Crippen LogP contribution in [0.4, 0.5) is 0 Å². The van der Waals surface area contributed by atoms with E-state index < -0.39 is 0 Å². The van der Waals surface area contributed by atoms with Gasteiger partial charge in [0, 0.05) is 50.7 Å². The summed E-state index contributed by atoms with van der Waals surface area (Å²) in [5, 5.41) is 0.123. The van der Waals surface area contributed by atoms with Gasteiger partial charge in [0.2, 0.25) is 11.8 Å². The molecule has 6 heteroatoms. The maximum absolute atomic E-state index is 12.2. The fourth-order valence-electron chi connectivity index (χ4n) is 3.49. The Kier molecular flexibility index (Phi) is 4.76. The molecule has 2 aliphatic heterocycles. The molecular formula is C16H24N2O3S. The Balaban J connectivity index is 1.47. The average molecular weight is 324 g/mol. The number of rotatable bonds is 4. The molecule has 0 spiro atoms. The summed E-state index contributed by atoms with van der Waals surface area (Å²) in [5.74, 6) is 1.88. The lowest BCUT2D eigenvalue weighted by Crippen LogP contribution is -2.47. The lowest BCUT2D eigenvalue weighted by atomic mass is 10.0. The van der Waals surface area contributed by atoms with Crippen molar-refractivity contribution in [1.82, 2.24) is 9.80 Å². The van der Waals surface area contributed by atoms with Gasteiger partial charge in [0.1, 0.15) is 0 Å². The zero-order chi connectivity index (χ0) is 15.7. The van der Waals surface area contributed by atoms with E-state index >= 15 is 0 Å². The largest absolute Gasteiger partial charge is 0.342 e. The summed E-state index contributed by atoms with van der Waals surface area (Å²) in [7, 11) is 0. The minimum atomic E-state index is 0.123. The Morgan fingerprint density at radius 1 is 1.18 bits per heavy atom. The first-order chi connectivity index (χ1) is 10.5. The Bertz CT molecular complexity index is 470. The lowest BCUT2D eigenvalue weighted by molar-refractivity contribution is -0.135. The molecule has 1 aliphatic carbocycles. The summed E-state index contributed by atoms with van der Waals surface area (Å²) >= 11 is 1.32. The summed E-state index contributed by atoms with van der Waals surface area (Å²) in [6, 6.07) is 0.281. The number of piperidine rings is 1. The van der Waals surface area contributed by atoms with Crippen molar-refractivity contribution in [3.8, 4) is 0 Å². The molecule has 0 radical (unpaired) electrons. The number of nitrogens with zero attached hydrogens (tertiary/aromatic N) is 2. The molecule has 1 saturated carbocycles. The fourth-order valence-corrected chi connectivity index (χ4v) is 4.19. The maximum Gasteiger partial charge on any atom is 0.225 e. The van der Waals surface area contributed by atoms with Gasteiger partial charge in [0.25, 0.3) is 0 Å². The third-order valence-electron chi connectivity index (χ3n) is 4.90. The minimum absolute atomic E-state index is 0.123. The highest BCUT2D eigenvalue weighted by Crippen LogP contribution is 2.33. The van der Waals surface area contributed by atoms with Crippen molar-refractivity contribution >= 4 is 28.7 Å². The third kappa shape index (κ3) is 3.65. The standard InChI is InChI=1S/C16H24N2O3S/c1-11(19)22-10-12-8-15(20)18(9-12)14-4-6-17(7-5-14)16(21)13-2-3-13/h12-14H,2-10H2,1H3. The lowest BCUT2D eigenvalue weighted by Gasteiger charge is -2.37. The van der Waals surface area contributed by atoms with Gasteiger partial charge in [-0.05, 0) is 31.6 Å². The van der Waals surface area contributed by atoms with Gasteiger partial charge >= 0.3 is 0 Å². The molecule has 2 heterocycles. The van der Waals surface area contributed by atoms with Gasteiger partial charge in [0.05, 0.1) is 0 Å². The molecule has 2 saturated heterocycles. The van der Waals surface area contributed by atoms with Gasteiger partial charge in [-0.2, -0.15) is 0 Å². The molecule has 5 nitrogen and oxygen atoms in total. The normalized spacial score (nSPS) is 26.6. The van der Waals surface area contributed by atoms with Gasteiger partial charge in [-0.3, -0.25) is 14.4 Å². The summed E-state index contributed by atoms with van der Waals surface area (Å²) in [6.07, 6.45) is 4.48. The van der Waals surface area contributed by atoms with E-state index in [1.54, 1.807) is 6.92 Å². The molecule has 3 aliphatic rings. The molecule has 1 atom stereocenters. The summed E-state index contributed by atoms with van der Waals surface area (Å²) in [6.45, 7) is 3.93. The highest BCUT2D eigenvalue weighted by molar-refractivity contribution is 8.13. The fraction of sp³-hybridized carbons (Fsp3) is 0.812. The van der Waals surface area contributed by atoms with Crippen molar-refractivity contribution in [1.29, 1.82) is 0 Å². The van der Waals surface area contributed by atoms with Gasteiger partial charge < -0.3 is 9.80 Å². The van der Waals surface area contributed by atoms with E-state index in [0.29, 0.717) is 18.2 Å². The number of carbonyl (C=O) groups is 3. The highest BCUT2D eigenvalue weighted by atomic mass is 32.2. The predicted octanol–water partition coefficient (Wildman–Crippen LogP) is 1.52. The molecule has 0 aromatic heterocycles. The highest BCUT2D eigenvalue weighted by Gasteiger charge is 2.39. The van der Waals surface area contributed by atoms with E-state index in [-0.39, 0.29) is 23.0 Å². The van der Waals surface area contributed by atoms with Crippen molar-refractivity contribution in [3.05, 3.63) is 0 Å². The topological polar surface area (TPSA) is 57.7 Å². The quantitative estimate of drug-likeness (QED) is 0.787. The van der Waals surface area contributed by atoms with Crippen molar-refractivity contribution in [2.24, 2.45) is 11.8 Å². The van der Waals surface area contributed by atoms with Crippen LogP contribution in [0.15, 0.2) is 0 Å². The van der Waals surface area contributed by atoms with Crippen LogP contribution in [0.3, 0.4) is 0 Å². The van der Waals surface area contributed by atoms with Gasteiger partial charge in [0.15, 0.2) is 5.12 Å². The van der Waals surface area contributed by atoms with E-state index in [1.165, 1.54) is 11.8 Å². The van der Waals surface area contributed by atoms with Crippen LogP contribution in [0.2, 0.25) is 0 Å². The second-order valence-electron chi connectivity index (χ2n) is 6.75. The van der Waals surface area contributed by atoms with Crippen molar-refractivity contribution < 1.29 is 14.4 Å². The Hall–Kier alpha value is -1.04. The van der Waals surface area contributed by atoms with Crippen LogP contribution in [0, 0.1) is 11.8 Å². The SMILES string of the molecule is CC(=O)SCC1CC(=O)N(C2CCN(C(=O)C3CC3)CC2)C1. The molecule has 2 amide bonds. The van der Waals surface area contributed by atoms with Crippen LogP contribution in [0.25, 0.3) is 0 Å². The van der Waals surface area contributed by atoms with Crippen LogP contribution < -0.4 is 0 Å². The van der Waals surface area contributed by atoms with Crippen LogP contribution in [-0.4, -0.2) is 58.2 Å². The van der Waals surface area contributed by atoms with E-state index in [9.17, 15) is 14.4 Å². The van der Waals surface area contributed by atoms with Crippen LogP contribution in [0.1, 0.15) is 39.0 Å². The van der Waals surface area contributed by atoms with Gasteiger partial charge in [-0.25, -0.2) is 0 Å². The summed E-state index contributed by atoms with van der Waals surface area (Å²) in [4.78, 5) is 39.3. The Labute approximate surface area is 135 Å². The smallest absolute Gasteiger partial charge is 0.225 e. The van der Waals surface area contributed by atoms with Crippen LogP contribution in [-0.2, 0) is 14.4 Å². The number of amides is 2. The predicted molar refractivity (Wildman–Crippen MR) is 85.3 cm³/mol. The van der Waals surface area contributed by atoms with Crippen molar-refractivity contribution in [2.75, 3.05) is 25.4 Å². The molecule has 122 valence electrons. The average Bonchev–Trinajstić information content (AvgIpc) is 3.28. The van der Waals surface area contributed by atoms with E-state index in [2.05, 4.69) is 0 Å². The first-order valence-corrected chi connectivity index (χ1v) is 9.24. The first-order valence-electron chi connectivity index (χ1n) is 8.26. The van der Waals surface area contributed by atoms with Gasteiger partial charge in [-0.15, -0.1) is 0 Å². The summed E-state index contributed by atoms with van der Waals surface area (Å²) in [5.41, 5.74) is 0. The van der Waals surface area contributed by atoms with E-state index in [4.69, 9.17) is 0 Å².